The molecule has 0 saturated carbocycles. The lowest BCUT2D eigenvalue weighted by atomic mass is 10.2. The Kier molecular flexibility index (Phi) is 8.50. The molecule has 0 aromatic heterocycles. The van der Waals surface area contributed by atoms with Gasteiger partial charge < -0.3 is 10.1 Å². The first-order chi connectivity index (χ1) is 6.72. The minimum Gasteiger partial charge on any atom is -0.469 e. The zero-order chi connectivity index (χ0) is 10.8. The molecule has 0 amide bonds. The van der Waals surface area contributed by atoms with E-state index < -0.39 is 0 Å². The van der Waals surface area contributed by atoms with Crippen LogP contribution in [0.3, 0.4) is 0 Å². The van der Waals surface area contributed by atoms with Crippen molar-refractivity contribution in [2.45, 2.75) is 6.92 Å². The van der Waals surface area contributed by atoms with Crippen LogP contribution >= 0.6 is 11.8 Å². The molecule has 80 valence electrons. The number of rotatable bonds is 7. The highest BCUT2D eigenvalue weighted by Crippen LogP contribution is 1.97. The fourth-order valence-corrected chi connectivity index (χ4v) is 1.43. The van der Waals surface area contributed by atoms with Crippen molar-refractivity contribution in [3.8, 4) is 12.3 Å². The van der Waals surface area contributed by atoms with E-state index in [4.69, 9.17) is 6.42 Å². The Balaban J connectivity index is 3.28. The molecule has 0 aromatic carbocycles. The number of carbonyl (C=O) groups excluding carboxylic acids is 1. The molecule has 1 atom stereocenters. The fraction of sp³-hybridized carbons (Fsp3) is 0.700. The number of ether oxygens (including phenoxy) is 1. The molecule has 0 aromatic rings. The molecule has 0 aliphatic carbocycles. The average Bonchev–Trinajstić information content (AvgIpc) is 2.21. The molecule has 0 rings (SSSR count). The maximum atomic E-state index is 11.0. The SMILES string of the molecule is C#CCSCCNCC(C)C(=O)OC. The van der Waals surface area contributed by atoms with Gasteiger partial charge in [0.2, 0.25) is 0 Å². The summed E-state index contributed by atoms with van der Waals surface area (Å²) in [5.41, 5.74) is 0. The van der Waals surface area contributed by atoms with E-state index in [-0.39, 0.29) is 11.9 Å². The molecule has 0 spiro atoms. The van der Waals surface area contributed by atoms with E-state index in [1.165, 1.54) is 7.11 Å². The molecule has 3 nitrogen and oxygen atoms in total. The first-order valence-corrected chi connectivity index (χ1v) is 5.67. The smallest absolute Gasteiger partial charge is 0.309 e. The molecule has 0 bridgehead atoms. The van der Waals surface area contributed by atoms with Crippen molar-refractivity contribution >= 4 is 17.7 Å². The number of esters is 1. The zero-order valence-electron chi connectivity index (χ0n) is 8.71. The molecule has 0 aliphatic rings. The van der Waals surface area contributed by atoms with Crippen LogP contribution in [-0.2, 0) is 9.53 Å². The lowest BCUT2D eigenvalue weighted by molar-refractivity contribution is -0.144. The summed E-state index contributed by atoms with van der Waals surface area (Å²) in [5.74, 6) is 4.01. The van der Waals surface area contributed by atoms with Crippen molar-refractivity contribution in [3.63, 3.8) is 0 Å². The van der Waals surface area contributed by atoms with Crippen molar-refractivity contribution in [1.29, 1.82) is 0 Å². The molecule has 1 unspecified atom stereocenters. The zero-order valence-corrected chi connectivity index (χ0v) is 9.52. The van der Waals surface area contributed by atoms with Gasteiger partial charge in [-0.1, -0.05) is 12.8 Å². The highest BCUT2D eigenvalue weighted by Gasteiger charge is 2.11. The van der Waals surface area contributed by atoms with Crippen LogP contribution in [0.4, 0.5) is 0 Å². The summed E-state index contributed by atoms with van der Waals surface area (Å²) >= 11 is 1.70. The van der Waals surface area contributed by atoms with Crippen LogP contribution in [0.25, 0.3) is 0 Å². The van der Waals surface area contributed by atoms with Gasteiger partial charge in [-0.3, -0.25) is 4.79 Å². The van der Waals surface area contributed by atoms with Gasteiger partial charge in [0.1, 0.15) is 0 Å². The quantitative estimate of drug-likeness (QED) is 0.386. The molecule has 0 aliphatic heterocycles. The van der Waals surface area contributed by atoms with E-state index in [9.17, 15) is 4.79 Å². The Labute approximate surface area is 90.0 Å². The van der Waals surface area contributed by atoms with Crippen LogP contribution in [0.5, 0.6) is 0 Å². The molecule has 0 radical (unpaired) electrons. The van der Waals surface area contributed by atoms with Gasteiger partial charge in [-0.05, 0) is 0 Å². The van der Waals surface area contributed by atoms with Crippen LogP contribution in [0, 0.1) is 18.3 Å². The second-order valence-corrected chi connectivity index (χ2v) is 3.99. The summed E-state index contributed by atoms with van der Waals surface area (Å²) in [6.45, 7) is 3.37. The monoisotopic (exact) mass is 215 g/mol. The lowest BCUT2D eigenvalue weighted by Crippen LogP contribution is -2.28. The van der Waals surface area contributed by atoms with Crippen LogP contribution in [0.2, 0.25) is 0 Å². The maximum Gasteiger partial charge on any atom is 0.309 e. The molecule has 14 heavy (non-hydrogen) atoms. The second-order valence-electron chi connectivity index (χ2n) is 2.89. The lowest BCUT2D eigenvalue weighted by Gasteiger charge is -2.09. The molecule has 0 heterocycles. The summed E-state index contributed by atoms with van der Waals surface area (Å²) in [6.07, 6.45) is 5.10. The van der Waals surface area contributed by atoms with Gasteiger partial charge in [0.15, 0.2) is 0 Å². The number of thioether (sulfide) groups is 1. The van der Waals surface area contributed by atoms with E-state index in [0.29, 0.717) is 6.54 Å². The predicted molar refractivity (Wildman–Crippen MR) is 60.2 cm³/mol. The van der Waals surface area contributed by atoms with Gasteiger partial charge in [0.05, 0.1) is 18.8 Å². The van der Waals surface area contributed by atoms with E-state index in [0.717, 1.165) is 18.1 Å². The van der Waals surface area contributed by atoms with Gasteiger partial charge in [0.25, 0.3) is 0 Å². The van der Waals surface area contributed by atoms with Crippen molar-refractivity contribution in [1.82, 2.24) is 5.32 Å². The summed E-state index contributed by atoms with van der Waals surface area (Å²) in [6, 6.07) is 0. The van der Waals surface area contributed by atoms with Crippen molar-refractivity contribution in [3.05, 3.63) is 0 Å². The number of nitrogens with one attached hydrogen (secondary N) is 1. The molecule has 0 fully saturated rings. The van der Waals surface area contributed by atoms with Crippen LogP contribution < -0.4 is 5.32 Å². The van der Waals surface area contributed by atoms with Gasteiger partial charge in [-0.15, -0.1) is 18.2 Å². The van der Waals surface area contributed by atoms with Crippen molar-refractivity contribution in [2.75, 3.05) is 31.7 Å². The maximum absolute atomic E-state index is 11.0. The Morgan fingerprint density at radius 2 is 2.43 bits per heavy atom. The normalized spacial score (nSPS) is 11.8. The van der Waals surface area contributed by atoms with E-state index in [1.807, 2.05) is 6.92 Å². The number of hydrogen-bond donors (Lipinski definition) is 1. The van der Waals surface area contributed by atoms with E-state index in [2.05, 4.69) is 16.0 Å². The average molecular weight is 215 g/mol. The van der Waals surface area contributed by atoms with Gasteiger partial charge >= 0.3 is 5.97 Å². The van der Waals surface area contributed by atoms with Crippen molar-refractivity contribution in [2.24, 2.45) is 5.92 Å². The van der Waals surface area contributed by atoms with Gasteiger partial charge in [-0.2, -0.15) is 0 Å². The number of hydrogen-bond acceptors (Lipinski definition) is 4. The Morgan fingerprint density at radius 3 is 3.00 bits per heavy atom. The van der Waals surface area contributed by atoms with Crippen LogP contribution in [-0.4, -0.2) is 37.7 Å². The minimum atomic E-state index is -0.172. The molecule has 0 saturated heterocycles. The largest absolute Gasteiger partial charge is 0.469 e. The third-order valence-electron chi connectivity index (χ3n) is 1.66. The molecular weight excluding hydrogens is 198 g/mol. The van der Waals surface area contributed by atoms with Crippen LogP contribution in [0.15, 0.2) is 0 Å². The topological polar surface area (TPSA) is 38.3 Å². The molecule has 4 heteroatoms. The second kappa shape index (κ2) is 8.92. The van der Waals surface area contributed by atoms with Gasteiger partial charge in [-0.25, -0.2) is 0 Å². The number of carbonyl (C=O) groups is 1. The highest BCUT2D eigenvalue weighted by molar-refractivity contribution is 7.99. The summed E-state index contributed by atoms with van der Waals surface area (Å²) in [4.78, 5) is 11.0. The Bertz CT molecular complexity index is 201. The number of methoxy groups -OCH3 is 1. The van der Waals surface area contributed by atoms with Crippen LogP contribution in [0.1, 0.15) is 6.92 Å². The standard InChI is InChI=1S/C10H17NO2S/c1-4-6-14-7-5-11-8-9(2)10(12)13-3/h1,9,11H,5-8H2,2-3H3. The first-order valence-electron chi connectivity index (χ1n) is 4.52. The summed E-state index contributed by atoms with van der Waals surface area (Å²) in [5, 5.41) is 3.17. The first kappa shape index (κ1) is 13.3. The molecule has 1 N–H and O–H groups in total. The summed E-state index contributed by atoms with van der Waals surface area (Å²) < 4.78 is 4.60. The highest BCUT2D eigenvalue weighted by atomic mass is 32.2. The predicted octanol–water partition coefficient (Wildman–Crippen LogP) is 0.751. The fourth-order valence-electron chi connectivity index (χ4n) is 0.879. The third-order valence-corrected chi connectivity index (χ3v) is 2.53. The Hall–Kier alpha value is -0.660. The number of terminal acetylenes is 1. The molecular formula is C10H17NO2S. The third kappa shape index (κ3) is 6.81. The van der Waals surface area contributed by atoms with E-state index >= 15 is 0 Å². The van der Waals surface area contributed by atoms with Crippen molar-refractivity contribution < 1.29 is 9.53 Å². The minimum absolute atomic E-state index is 0.0855. The van der Waals surface area contributed by atoms with Gasteiger partial charge in [0, 0.05) is 18.8 Å². The summed E-state index contributed by atoms with van der Waals surface area (Å²) in [7, 11) is 1.40. The van der Waals surface area contributed by atoms with E-state index in [1.54, 1.807) is 11.8 Å². The Morgan fingerprint density at radius 1 is 1.71 bits per heavy atom.